The van der Waals surface area contributed by atoms with Crippen LogP contribution in [0.3, 0.4) is 0 Å². The van der Waals surface area contributed by atoms with Crippen molar-refractivity contribution in [2.75, 3.05) is 18.6 Å². The monoisotopic (exact) mass is 231 g/mol. The van der Waals surface area contributed by atoms with Gasteiger partial charge in [-0.3, -0.25) is 0 Å². The van der Waals surface area contributed by atoms with E-state index in [-0.39, 0.29) is 0 Å². The summed E-state index contributed by atoms with van der Waals surface area (Å²) in [6, 6.07) is 0. The van der Waals surface area contributed by atoms with Crippen LogP contribution in [-0.4, -0.2) is 29.1 Å². The highest BCUT2D eigenvalue weighted by Crippen LogP contribution is 2.40. The molecule has 0 amide bonds. The van der Waals surface area contributed by atoms with E-state index in [4.69, 9.17) is 4.74 Å². The number of rotatable bonds is 2. The molecule has 2 aliphatic heterocycles. The Balaban J connectivity index is 1.83. The van der Waals surface area contributed by atoms with Crippen LogP contribution in [0.2, 0.25) is 0 Å². The first-order valence-electron chi connectivity index (χ1n) is 5.52. The van der Waals surface area contributed by atoms with Crippen molar-refractivity contribution in [1.82, 2.24) is 0 Å². The van der Waals surface area contributed by atoms with Gasteiger partial charge in [-0.1, -0.05) is 6.42 Å². The maximum atomic E-state index is 5.41. The number of methoxy groups -OCH3 is 1. The molecule has 2 aliphatic rings. The summed E-state index contributed by atoms with van der Waals surface area (Å²) >= 11 is 4.36. The van der Waals surface area contributed by atoms with Crippen molar-refractivity contribution in [2.45, 2.75) is 42.6 Å². The number of ether oxygens (including phenoxy) is 1. The predicted octanol–water partition coefficient (Wildman–Crippen LogP) is 3.35. The summed E-state index contributed by atoms with van der Waals surface area (Å²) in [6.45, 7) is 0. The second-order valence-corrected chi connectivity index (χ2v) is 6.71. The molecular formula is C11H19OS2. The average molecular weight is 231 g/mol. The summed E-state index contributed by atoms with van der Waals surface area (Å²) in [4.78, 5) is 0. The second kappa shape index (κ2) is 5.66. The van der Waals surface area contributed by atoms with Gasteiger partial charge in [-0.05, 0) is 37.2 Å². The molecule has 2 atom stereocenters. The molecule has 0 bridgehead atoms. The van der Waals surface area contributed by atoms with Crippen LogP contribution < -0.4 is 0 Å². The number of hydrogen-bond acceptors (Lipinski definition) is 3. The quantitative estimate of drug-likeness (QED) is 0.721. The first-order chi connectivity index (χ1) is 6.90. The summed E-state index contributed by atoms with van der Waals surface area (Å²) in [6.07, 6.45) is 8.02. The maximum Gasteiger partial charge on any atom is 0.0986 e. The molecule has 0 N–H and O–H groups in total. The minimum Gasteiger partial charge on any atom is -0.375 e. The van der Waals surface area contributed by atoms with E-state index >= 15 is 0 Å². The predicted molar refractivity (Wildman–Crippen MR) is 65.8 cm³/mol. The van der Waals surface area contributed by atoms with Crippen molar-refractivity contribution in [3.05, 3.63) is 6.10 Å². The van der Waals surface area contributed by atoms with E-state index in [1.54, 1.807) is 0 Å². The smallest absolute Gasteiger partial charge is 0.0986 e. The fourth-order valence-corrected chi connectivity index (χ4v) is 5.28. The highest BCUT2D eigenvalue weighted by atomic mass is 32.2. The molecule has 0 spiro atoms. The molecule has 1 radical (unpaired) electrons. The molecule has 3 heteroatoms. The third-order valence-corrected chi connectivity index (χ3v) is 6.11. The van der Waals surface area contributed by atoms with Gasteiger partial charge < -0.3 is 4.74 Å². The zero-order valence-corrected chi connectivity index (χ0v) is 10.5. The van der Waals surface area contributed by atoms with Crippen molar-refractivity contribution in [3.63, 3.8) is 0 Å². The highest BCUT2D eigenvalue weighted by molar-refractivity contribution is 8.03. The van der Waals surface area contributed by atoms with Crippen LogP contribution in [0.15, 0.2) is 0 Å². The first kappa shape index (κ1) is 11.2. The number of thioether (sulfide) groups is 2. The summed E-state index contributed by atoms with van der Waals surface area (Å²) in [5.41, 5.74) is 0. The van der Waals surface area contributed by atoms with Gasteiger partial charge in [-0.15, -0.1) is 0 Å². The van der Waals surface area contributed by atoms with Crippen LogP contribution in [0.5, 0.6) is 0 Å². The first-order valence-corrected chi connectivity index (χ1v) is 7.62. The maximum absolute atomic E-state index is 5.41. The zero-order valence-electron chi connectivity index (χ0n) is 8.83. The molecule has 81 valence electrons. The van der Waals surface area contributed by atoms with E-state index in [9.17, 15) is 0 Å². The Morgan fingerprint density at radius 2 is 2.00 bits per heavy atom. The molecule has 14 heavy (non-hydrogen) atoms. The lowest BCUT2D eigenvalue weighted by Crippen LogP contribution is -2.29. The molecule has 2 saturated heterocycles. The van der Waals surface area contributed by atoms with Crippen molar-refractivity contribution >= 4 is 23.5 Å². The van der Waals surface area contributed by atoms with Gasteiger partial charge in [0.2, 0.25) is 0 Å². The Morgan fingerprint density at radius 1 is 1.14 bits per heavy atom. The highest BCUT2D eigenvalue weighted by Gasteiger charge is 2.30. The van der Waals surface area contributed by atoms with Crippen LogP contribution in [0.4, 0.5) is 0 Å². The molecule has 0 saturated carbocycles. The van der Waals surface area contributed by atoms with Crippen LogP contribution in [-0.2, 0) is 4.74 Å². The molecule has 0 aromatic carbocycles. The molecule has 2 heterocycles. The van der Waals surface area contributed by atoms with Crippen molar-refractivity contribution in [3.8, 4) is 0 Å². The fourth-order valence-electron chi connectivity index (χ4n) is 2.19. The summed E-state index contributed by atoms with van der Waals surface area (Å²) in [5.74, 6) is 2.65. The van der Waals surface area contributed by atoms with E-state index in [0.717, 1.165) is 10.5 Å². The molecule has 0 aliphatic carbocycles. The Kier molecular flexibility index (Phi) is 4.51. The van der Waals surface area contributed by atoms with Gasteiger partial charge in [0.15, 0.2) is 0 Å². The molecule has 0 aromatic heterocycles. The third-order valence-electron chi connectivity index (χ3n) is 3.06. The Labute approximate surface area is 95.7 Å². The molecular weight excluding hydrogens is 212 g/mol. The Hall–Kier alpha value is 0.660. The van der Waals surface area contributed by atoms with Gasteiger partial charge in [0.25, 0.3) is 0 Å². The van der Waals surface area contributed by atoms with Crippen LogP contribution in [0.25, 0.3) is 0 Å². The van der Waals surface area contributed by atoms with E-state index in [2.05, 4.69) is 23.5 Å². The molecule has 2 rings (SSSR count). The van der Waals surface area contributed by atoms with E-state index in [1.807, 2.05) is 7.11 Å². The molecule has 2 fully saturated rings. The Bertz CT molecular complexity index is 169. The van der Waals surface area contributed by atoms with Gasteiger partial charge >= 0.3 is 0 Å². The lowest BCUT2D eigenvalue weighted by Gasteiger charge is -2.34. The van der Waals surface area contributed by atoms with Gasteiger partial charge in [-0.2, -0.15) is 23.5 Å². The summed E-state index contributed by atoms with van der Waals surface area (Å²) in [5, 5.41) is 1.74. The largest absolute Gasteiger partial charge is 0.375 e. The van der Waals surface area contributed by atoms with E-state index < -0.39 is 0 Å². The summed E-state index contributed by atoms with van der Waals surface area (Å²) in [7, 11) is 1.83. The fraction of sp³-hybridized carbons (Fsp3) is 0.909. The van der Waals surface area contributed by atoms with Crippen LogP contribution in [0, 0.1) is 6.10 Å². The van der Waals surface area contributed by atoms with Crippen LogP contribution >= 0.6 is 23.5 Å². The average Bonchev–Trinajstić information content (AvgIpc) is 2.30. The standard InChI is InChI=1S/C11H19OS2/c1-12-9-5-7-14-11(8-9)10-4-2-3-6-13-10/h10-11H,2-8H2,1H3. The minimum atomic E-state index is 0.837. The zero-order chi connectivity index (χ0) is 9.80. The summed E-state index contributed by atoms with van der Waals surface area (Å²) < 4.78 is 5.41. The lowest BCUT2D eigenvalue weighted by atomic mass is 10.0. The normalized spacial score (nSPS) is 35.8. The Morgan fingerprint density at radius 3 is 2.71 bits per heavy atom. The van der Waals surface area contributed by atoms with Crippen LogP contribution in [0.1, 0.15) is 32.1 Å². The van der Waals surface area contributed by atoms with Gasteiger partial charge in [0.05, 0.1) is 6.10 Å². The third kappa shape index (κ3) is 2.83. The second-order valence-electron chi connectivity index (χ2n) is 4.01. The van der Waals surface area contributed by atoms with E-state index in [1.165, 1.54) is 49.7 Å². The van der Waals surface area contributed by atoms with Crippen molar-refractivity contribution < 1.29 is 4.74 Å². The lowest BCUT2D eigenvalue weighted by molar-refractivity contribution is 0.185. The van der Waals surface area contributed by atoms with Gasteiger partial charge in [-0.25, -0.2) is 0 Å². The molecule has 0 aromatic rings. The molecule has 1 nitrogen and oxygen atoms in total. The van der Waals surface area contributed by atoms with Gasteiger partial charge in [0, 0.05) is 17.6 Å². The minimum absolute atomic E-state index is 0.837. The topological polar surface area (TPSA) is 9.23 Å². The van der Waals surface area contributed by atoms with Gasteiger partial charge in [0.1, 0.15) is 0 Å². The van der Waals surface area contributed by atoms with Crippen molar-refractivity contribution in [1.29, 1.82) is 0 Å². The van der Waals surface area contributed by atoms with Crippen molar-refractivity contribution in [2.24, 2.45) is 0 Å². The molecule has 2 unspecified atom stereocenters. The SMILES string of the molecule is CO[C]1CCSC(C2CCCCS2)C1. The number of hydrogen-bond donors (Lipinski definition) is 0. The van der Waals surface area contributed by atoms with E-state index in [0.29, 0.717) is 0 Å².